The molecule has 0 aliphatic carbocycles. The van der Waals surface area contributed by atoms with Crippen molar-refractivity contribution in [1.82, 2.24) is 0 Å². The molecule has 2 aromatic rings. The molecule has 0 radical (unpaired) electrons. The number of thiophene rings is 1. The first-order chi connectivity index (χ1) is 9.43. The maximum Gasteiger partial charge on any atom is 0.573 e. The van der Waals surface area contributed by atoms with Crippen LogP contribution in [-0.4, -0.2) is 12.6 Å². The number of carbonyl (C=O) groups is 1. The van der Waals surface area contributed by atoms with E-state index >= 15 is 0 Å². The van der Waals surface area contributed by atoms with Crippen molar-refractivity contribution in [3.8, 4) is 22.3 Å². The van der Waals surface area contributed by atoms with Crippen LogP contribution in [0, 0.1) is 11.3 Å². The maximum absolute atomic E-state index is 12.3. The lowest BCUT2D eigenvalue weighted by atomic mass is 10.1. The van der Waals surface area contributed by atoms with Crippen molar-refractivity contribution in [2.24, 2.45) is 0 Å². The zero-order valence-corrected chi connectivity index (χ0v) is 10.6. The van der Waals surface area contributed by atoms with E-state index in [0.29, 0.717) is 21.6 Å². The summed E-state index contributed by atoms with van der Waals surface area (Å²) < 4.78 is 40.6. The van der Waals surface area contributed by atoms with Crippen molar-refractivity contribution >= 4 is 17.6 Å². The number of benzene rings is 1. The molecule has 0 aliphatic rings. The molecular weight excluding hydrogens is 291 g/mol. The van der Waals surface area contributed by atoms with Gasteiger partial charge in [0, 0.05) is 4.88 Å². The molecule has 1 aromatic heterocycles. The first-order valence-corrected chi connectivity index (χ1v) is 6.10. The fraction of sp³-hybridized carbons (Fsp3) is 0.0769. The molecule has 102 valence electrons. The van der Waals surface area contributed by atoms with Crippen LogP contribution >= 0.6 is 11.3 Å². The minimum Gasteiger partial charge on any atom is -0.405 e. The van der Waals surface area contributed by atoms with Crippen molar-refractivity contribution in [3.63, 3.8) is 0 Å². The molecule has 20 heavy (non-hydrogen) atoms. The highest BCUT2D eigenvalue weighted by Gasteiger charge is 2.32. The summed E-state index contributed by atoms with van der Waals surface area (Å²) in [5.74, 6) is -0.558. The van der Waals surface area contributed by atoms with Gasteiger partial charge in [-0.1, -0.05) is 6.07 Å². The predicted molar refractivity (Wildman–Crippen MR) is 66.5 cm³/mol. The van der Waals surface area contributed by atoms with Crippen LogP contribution in [0.1, 0.15) is 15.2 Å². The number of ether oxygens (including phenoxy) is 1. The van der Waals surface area contributed by atoms with Crippen LogP contribution in [0.5, 0.6) is 5.75 Å². The monoisotopic (exact) mass is 297 g/mol. The first kappa shape index (κ1) is 14.1. The van der Waals surface area contributed by atoms with Gasteiger partial charge in [-0.2, -0.15) is 5.26 Å². The molecule has 2 rings (SSSR count). The lowest BCUT2D eigenvalue weighted by Crippen LogP contribution is -2.18. The number of aldehydes is 1. The van der Waals surface area contributed by atoms with Crippen molar-refractivity contribution in [2.45, 2.75) is 6.36 Å². The fourth-order valence-electron chi connectivity index (χ4n) is 1.55. The van der Waals surface area contributed by atoms with Gasteiger partial charge in [0.05, 0.1) is 5.56 Å². The van der Waals surface area contributed by atoms with Crippen LogP contribution in [0.15, 0.2) is 30.3 Å². The Hall–Kier alpha value is -2.33. The summed E-state index contributed by atoms with van der Waals surface area (Å²) in [6.45, 7) is 0. The average molecular weight is 297 g/mol. The van der Waals surface area contributed by atoms with E-state index in [1.54, 1.807) is 12.1 Å². The summed E-state index contributed by atoms with van der Waals surface area (Å²) in [4.78, 5) is 11.8. The Morgan fingerprint density at radius 2 is 2.00 bits per heavy atom. The van der Waals surface area contributed by atoms with Gasteiger partial charge in [-0.05, 0) is 29.8 Å². The Balaban J connectivity index is 2.44. The van der Waals surface area contributed by atoms with E-state index < -0.39 is 12.1 Å². The lowest BCUT2D eigenvalue weighted by Gasteiger charge is -2.11. The molecule has 0 aliphatic heterocycles. The summed E-state index contributed by atoms with van der Waals surface area (Å²) in [5, 5.41) is 8.73. The van der Waals surface area contributed by atoms with Crippen molar-refractivity contribution in [1.29, 1.82) is 5.26 Å². The molecule has 3 nitrogen and oxygen atoms in total. The number of alkyl halides is 3. The number of nitriles is 1. The number of halogens is 3. The zero-order chi connectivity index (χ0) is 14.8. The molecule has 1 heterocycles. The third-order valence-corrected chi connectivity index (χ3v) is 3.41. The van der Waals surface area contributed by atoms with Gasteiger partial charge in [0.2, 0.25) is 0 Å². The Kier molecular flexibility index (Phi) is 3.77. The summed E-state index contributed by atoms with van der Waals surface area (Å²) in [7, 11) is 0. The first-order valence-electron chi connectivity index (χ1n) is 5.28. The molecule has 0 fully saturated rings. The van der Waals surface area contributed by atoms with Crippen LogP contribution in [0.3, 0.4) is 0 Å². The van der Waals surface area contributed by atoms with Crippen molar-refractivity contribution < 1.29 is 22.7 Å². The average Bonchev–Trinajstić information content (AvgIpc) is 2.85. The second-order valence-corrected chi connectivity index (χ2v) is 4.78. The molecule has 0 N–H and O–H groups in total. The predicted octanol–water partition coefficient (Wildman–Crippen LogP) is 4.00. The number of carbonyl (C=O) groups excluding carboxylic acids is 1. The number of nitrogens with zero attached hydrogens (tertiary/aromatic N) is 1. The van der Waals surface area contributed by atoms with Crippen molar-refractivity contribution in [2.75, 3.05) is 0 Å². The highest BCUT2D eigenvalue weighted by molar-refractivity contribution is 7.16. The third kappa shape index (κ3) is 3.16. The van der Waals surface area contributed by atoms with Gasteiger partial charge in [-0.15, -0.1) is 24.5 Å². The van der Waals surface area contributed by atoms with Gasteiger partial charge in [0.15, 0.2) is 6.29 Å². The molecular formula is C13H6F3NO2S. The lowest BCUT2D eigenvalue weighted by molar-refractivity contribution is -0.274. The minimum atomic E-state index is -4.87. The van der Waals surface area contributed by atoms with Crippen LogP contribution in [-0.2, 0) is 0 Å². The summed E-state index contributed by atoms with van der Waals surface area (Å²) >= 11 is 1.14. The standard InChI is InChI=1S/C13H6F3NO2S/c14-13(15,16)19-11-5-8(1-2-9(11)7-18)12-4-3-10(6-17)20-12/h1-5,7H. The second kappa shape index (κ2) is 5.35. The van der Waals surface area contributed by atoms with Gasteiger partial charge in [-0.3, -0.25) is 4.79 Å². The topological polar surface area (TPSA) is 50.1 Å². The zero-order valence-electron chi connectivity index (χ0n) is 9.77. The molecule has 7 heteroatoms. The SMILES string of the molecule is N#Cc1ccc(-c2ccc(C=O)c(OC(F)(F)F)c2)s1. The van der Waals surface area contributed by atoms with E-state index in [9.17, 15) is 18.0 Å². The van der Waals surface area contributed by atoms with E-state index in [0.717, 1.165) is 17.4 Å². The van der Waals surface area contributed by atoms with E-state index in [1.807, 2.05) is 6.07 Å². The molecule has 0 saturated heterocycles. The quantitative estimate of drug-likeness (QED) is 0.805. The smallest absolute Gasteiger partial charge is 0.405 e. The number of hydrogen-bond acceptors (Lipinski definition) is 4. The summed E-state index contributed by atoms with van der Waals surface area (Å²) in [5.41, 5.74) is 0.254. The normalized spacial score (nSPS) is 10.9. The minimum absolute atomic E-state index is 0.192. The van der Waals surface area contributed by atoms with Gasteiger partial charge in [-0.25, -0.2) is 0 Å². The molecule has 0 spiro atoms. The molecule has 1 aromatic carbocycles. The highest BCUT2D eigenvalue weighted by Crippen LogP contribution is 2.33. The maximum atomic E-state index is 12.3. The summed E-state index contributed by atoms with van der Waals surface area (Å²) in [6, 6.07) is 9.01. The van der Waals surface area contributed by atoms with Gasteiger partial charge in [0.1, 0.15) is 16.7 Å². The Labute approximate surface area is 115 Å². The van der Waals surface area contributed by atoms with E-state index in [2.05, 4.69) is 4.74 Å². The number of hydrogen-bond donors (Lipinski definition) is 0. The molecule has 0 unspecified atom stereocenters. The van der Waals surface area contributed by atoms with Crippen LogP contribution in [0.2, 0.25) is 0 Å². The van der Waals surface area contributed by atoms with Crippen LogP contribution < -0.4 is 4.74 Å². The third-order valence-electron chi connectivity index (χ3n) is 2.37. The Morgan fingerprint density at radius 1 is 1.25 bits per heavy atom. The van der Waals surface area contributed by atoms with E-state index in [-0.39, 0.29) is 5.56 Å². The Bertz CT molecular complexity index is 686. The van der Waals surface area contributed by atoms with Gasteiger partial charge < -0.3 is 4.74 Å². The van der Waals surface area contributed by atoms with Crippen LogP contribution in [0.25, 0.3) is 10.4 Å². The fourth-order valence-corrected chi connectivity index (χ4v) is 2.35. The second-order valence-electron chi connectivity index (χ2n) is 3.69. The molecule has 0 saturated carbocycles. The molecule has 0 atom stereocenters. The Morgan fingerprint density at radius 3 is 2.55 bits per heavy atom. The van der Waals surface area contributed by atoms with Gasteiger partial charge >= 0.3 is 6.36 Å². The highest BCUT2D eigenvalue weighted by atomic mass is 32.1. The van der Waals surface area contributed by atoms with Crippen molar-refractivity contribution in [3.05, 3.63) is 40.8 Å². The number of rotatable bonds is 3. The van der Waals surface area contributed by atoms with E-state index in [1.165, 1.54) is 12.1 Å². The summed E-state index contributed by atoms with van der Waals surface area (Å²) in [6.07, 6.45) is -4.58. The largest absolute Gasteiger partial charge is 0.573 e. The molecule has 0 amide bonds. The molecule has 0 bridgehead atoms. The van der Waals surface area contributed by atoms with Gasteiger partial charge in [0.25, 0.3) is 0 Å². The van der Waals surface area contributed by atoms with E-state index in [4.69, 9.17) is 5.26 Å². The van der Waals surface area contributed by atoms with Crippen LogP contribution in [0.4, 0.5) is 13.2 Å².